The zero-order valence-corrected chi connectivity index (χ0v) is 9.39. The summed E-state index contributed by atoms with van der Waals surface area (Å²) in [7, 11) is 0. The third-order valence-electron chi connectivity index (χ3n) is 3.42. The van der Waals surface area contributed by atoms with E-state index in [1.54, 1.807) is 0 Å². The van der Waals surface area contributed by atoms with E-state index in [-0.39, 0.29) is 12.4 Å². The summed E-state index contributed by atoms with van der Waals surface area (Å²) >= 11 is 0. The highest BCUT2D eigenvalue weighted by molar-refractivity contribution is 5.85. The second-order valence-corrected chi connectivity index (χ2v) is 4.66. The Labute approximate surface area is 87.3 Å². The molecular formula is C10H21ClN2. The number of hydrogen-bond donors (Lipinski definition) is 1. The van der Waals surface area contributed by atoms with Crippen LogP contribution in [0.25, 0.3) is 0 Å². The highest BCUT2D eigenvalue weighted by atomic mass is 35.5. The van der Waals surface area contributed by atoms with Gasteiger partial charge in [-0.05, 0) is 39.5 Å². The zero-order chi connectivity index (χ0) is 8.72. The van der Waals surface area contributed by atoms with Crippen molar-refractivity contribution >= 4 is 12.4 Å². The van der Waals surface area contributed by atoms with Crippen molar-refractivity contribution in [3.8, 4) is 0 Å². The number of piperidine rings is 1. The summed E-state index contributed by atoms with van der Waals surface area (Å²) in [6.45, 7) is 4.62. The van der Waals surface area contributed by atoms with Crippen LogP contribution in [0.3, 0.4) is 0 Å². The lowest BCUT2D eigenvalue weighted by Crippen LogP contribution is -2.50. The van der Waals surface area contributed by atoms with Crippen molar-refractivity contribution in [3.63, 3.8) is 0 Å². The zero-order valence-electron chi connectivity index (χ0n) is 8.57. The fraction of sp³-hybridized carbons (Fsp3) is 1.00. The molecule has 78 valence electrons. The second kappa shape index (κ2) is 4.16. The molecule has 3 atom stereocenters. The first kappa shape index (κ1) is 11.3. The lowest BCUT2D eigenvalue weighted by molar-refractivity contribution is 0.0938. The normalized spacial score (nSPS) is 39.2. The van der Waals surface area contributed by atoms with Gasteiger partial charge in [-0.1, -0.05) is 0 Å². The van der Waals surface area contributed by atoms with Gasteiger partial charge < -0.3 is 5.73 Å². The van der Waals surface area contributed by atoms with E-state index in [0.29, 0.717) is 6.04 Å². The number of halogens is 1. The molecular weight excluding hydrogens is 184 g/mol. The Morgan fingerprint density at radius 2 is 1.62 bits per heavy atom. The largest absolute Gasteiger partial charge is 0.328 e. The molecule has 2 saturated heterocycles. The summed E-state index contributed by atoms with van der Waals surface area (Å²) in [5.41, 5.74) is 5.99. The molecule has 2 fully saturated rings. The van der Waals surface area contributed by atoms with E-state index in [2.05, 4.69) is 18.7 Å². The Morgan fingerprint density at radius 3 is 2.00 bits per heavy atom. The highest BCUT2D eigenvalue weighted by Gasteiger charge is 2.40. The smallest absolute Gasteiger partial charge is 0.0116 e. The molecule has 0 aromatic carbocycles. The molecule has 2 aliphatic heterocycles. The van der Waals surface area contributed by atoms with Crippen LogP contribution >= 0.6 is 12.4 Å². The topological polar surface area (TPSA) is 29.3 Å². The minimum atomic E-state index is 0. The molecule has 0 spiro atoms. The Bertz CT molecular complexity index is 158. The van der Waals surface area contributed by atoms with Gasteiger partial charge in [0.1, 0.15) is 0 Å². The van der Waals surface area contributed by atoms with Crippen molar-refractivity contribution in [2.24, 2.45) is 5.73 Å². The molecule has 2 nitrogen and oxygen atoms in total. The molecule has 2 bridgehead atoms. The Balaban J connectivity index is 0.000000845. The van der Waals surface area contributed by atoms with Gasteiger partial charge in [-0.3, -0.25) is 4.90 Å². The Kier molecular flexibility index (Phi) is 3.61. The fourth-order valence-electron chi connectivity index (χ4n) is 3.10. The molecule has 13 heavy (non-hydrogen) atoms. The van der Waals surface area contributed by atoms with E-state index >= 15 is 0 Å². The lowest BCUT2D eigenvalue weighted by atomic mass is 9.97. The molecule has 2 rings (SSSR count). The molecule has 0 aromatic heterocycles. The van der Waals surface area contributed by atoms with Crippen molar-refractivity contribution in [3.05, 3.63) is 0 Å². The first-order chi connectivity index (χ1) is 5.68. The van der Waals surface area contributed by atoms with Crippen LogP contribution in [0, 0.1) is 0 Å². The van der Waals surface area contributed by atoms with E-state index in [9.17, 15) is 0 Å². The van der Waals surface area contributed by atoms with Crippen LogP contribution in [0.1, 0.15) is 39.5 Å². The van der Waals surface area contributed by atoms with Crippen molar-refractivity contribution in [1.82, 2.24) is 4.90 Å². The van der Waals surface area contributed by atoms with Gasteiger partial charge in [-0.25, -0.2) is 0 Å². The quantitative estimate of drug-likeness (QED) is 0.706. The average molecular weight is 205 g/mol. The highest BCUT2D eigenvalue weighted by Crippen LogP contribution is 2.36. The first-order valence-corrected chi connectivity index (χ1v) is 5.21. The van der Waals surface area contributed by atoms with Crippen molar-refractivity contribution < 1.29 is 0 Å². The first-order valence-electron chi connectivity index (χ1n) is 5.21. The van der Waals surface area contributed by atoms with Gasteiger partial charge in [0.2, 0.25) is 0 Å². The van der Waals surface area contributed by atoms with Crippen molar-refractivity contribution in [1.29, 1.82) is 0 Å². The molecule has 0 aromatic rings. The van der Waals surface area contributed by atoms with Crippen molar-refractivity contribution in [2.75, 3.05) is 0 Å². The van der Waals surface area contributed by atoms with Gasteiger partial charge in [-0.2, -0.15) is 0 Å². The van der Waals surface area contributed by atoms with Crippen LogP contribution < -0.4 is 5.73 Å². The van der Waals surface area contributed by atoms with E-state index in [0.717, 1.165) is 18.1 Å². The van der Waals surface area contributed by atoms with E-state index in [1.165, 1.54) is 25.7 Å². The number of hydrogen-bond acceptors (Lipinski definition) is 2. The summed E-state index contributed by atoms with van der Waals surface area (Å²) in [6.07, 6.45) is 5.23. The molecule has 3 heteroatoms. The van der Waals surface area contributed by atoms with E-state index in [4.69, 9.17) is 5.73 Å². The third-order valence-corrected chi connectivity index (χ3v) is 3.42. The van der Waals surface area contributed by atoms with Gasteiger partial charge in [-0.15, -0.1) is 12.4 Å². The summed E-state index contributed by atoms with van der Waals surface area (Å²) in [5, 5.41) is 0. The SMILES string of the molecule is CC(C)N1C2CC[C@H]1CC(N)C2.Cl. The van der Waals surface area contributed by atoms with Gasteiger partial charge in [0, 0.05) is 24.2 Å². The van der Waals surface area contributed by atoms with Crippen LogP contribution in [-0.4, -0.2) is 29.1 Å². The van der Waals surface area contributed by atoms with Crippen LogP contribution in [0.4, 0.5) is 0 Å². The van der Waals surface area contributed by atoms with Gasteiger partial charge in [0.25, 0.3) is 0 Å². The maximum Gasteiger partial charge on any atom is 0.0116 e. The van der Waals surface area contributed by atoms with E-state index in [1.807, 2.05) is 0 Å². The Hall–Kier alpha value is 0.210. The fourth-order valence-corrected chi connectivity index (χ4v) is 3.10. The number of fused-ring (bicyclic) bond motifs is 2. The summed E-state index contributed by atoms with van der Waals surface area (Å²) < 4.78 is 0. The number of nitrogens with zero attached hydrogens (tertiary/aromatic N) is 1. The number of nitrogens with two attached hydrogens (primary N) is 1. The predicted molar refractivity (Wildman–Crippen MR) is 58.2 cm³/mol. The summed E-state index contributed by atoms with van der Waals surface area (Å²) in [4.78, 5) is 2.68. The molecule has 0 aliphatic carbocycles. The van der Waals surface area contributed by atoms with Crippen LogP contribution in [-0.2, 0) is 0 Å². The minimum Gasteiger partial charge on any atom is -0.328 e. The van der Waals surface area contributed by atoms with Crippen molar-refractivity contribution in [2.45, 2.75) is 63.7 Å². The number of rotatable bonds is 1. The standard InChI is InChI=1S/C10H20N2.ClH/c1-7(2)12-9-3-4-10(12)6-8(11)5-9;/h7-10H,3-6,11H2,1-2H3;1H/t8?,9-,10?;/m0./s1. The maximum absolute atomic E-state index is 5.99. The molecule has 0 saturated carbocycles. The van der Waals surface area contributed by atoms with Gasteiger partial charge in [0.05, 0.1) is 0 Å². The third kappa shape index (κ3) is 2.00. The lowest BCUT2D eigenvalue weighted by Gasteiger charge is -2.40. The summed E-state index contributed by atoms with van der Waals surface area (Å²) in [6, 6.07) is 2.81. The predicted octanol–water partition coefficient (Wildman–Crippen LogP) is 1.77. The molecule has 0 radical (unpaired) electrons. The van der Waals surface area contributed by atoms with Gasteiger partial charge >= 0.3 is 0 Å². The monoisotopic (exact) mass is 204 g/mol. The van der Waals surface area contributed by atoms with E-state index < -0.39 is 0 Å². The van der Waals surface area contributed by atoms with Crippen LogP contribution in [0.5, 0.6) is 0 Å². The van der Waals surface area contributed by atoms with Crippen LogP contribution in [0.15, 0.2) is 0 Å². The average Bonchev–Trinajstić information content (AvgIpc) is 2.24. The second-order valence-electron chi connectivity index (χ2n) is 4.66. The summed E-state index contributed by atoms with van der Waals surface area (Å²) in [5.74, 6) is 0. The minimum absolute atomic E-state index is 0. The van der Waals surface area contributed by atoms with Gasteiger partial charge in [0.15, 0.2) is 0 Å². The molecule has 2 N–H and O–H groups in total. The molecule has 2 heterocycles. The Morgan fingerprint density at radius 1 is 1.15 bits per heavy atom. The maximum atomic E-state index is 5.99. The molecule has 0 amide bonds. The molecule has 2 unspecified atom stereocenters. The molecule has 2 aliphatic rings. The van der Waals surface area contributed by atoms with Crippen LogP contribution in [0.2, 0.25) is 0 Å².